The first kappa shape index (κ1) is 14.6. The van der Waals surface area contributed by atoms with Gasteiger partial charge in [0.05, 0.1) is 18.5 Å². The third-order valence-corrected chi connectivity index (χ3v) is 4.01. The highest BCUT2D eigenvalue weighted by Gasteiger charge is 2.15. The van der Waals surface area contributed by atoms with Crippen LogP contribution in [0.1, 0.15) is 5.69 Å². The Kier molecular flexibility index (Phi) is 3.95. The number of sulfonamides is 1. The molecule has 2 aromatic rings. The number of aromatic nitrogens is 1. The van der Waals surface area contributed by atoms with Gasteiger partial charge in [-0.2, -0.15) is 5.26 Å². The summed E-state index contributed by atoms with van der Waals surface area (Å²) in [6.07, 6.45) is 1.12. The molecule has 0 saturated carbocycles. The van der Waals surface area contributed by atoms with Crippen molar-refractivity contribution < 1.29 is 13.2 Å². The van der Waals surface area contributed by atoms with E-state index in [1.807, 2.05) is 6.07 Å². The van der Waals surface area contributed by atoms with E-state index >= 15 is 0 Å². The monoisotopic (exact) mass is 304 g/mol. The molecule has 0 fully saturated rings. The third-order valence-electron chi connectivity index (χ3n) is 2.65. The Morgan fingerprint density at radius 2 is 2.10 bits per heavy atom. The Labute approximate surface area is 122 Å². The summed E-state index contributed by atoms with van der Waals surface area (Å²) in [6.45, 7) is 0. The molecule has 3 N–H and O–H groups in total. The van der Waals surface area contributed by atoms with E-state index < -0.39 is 10.0 Å². The predicted octanol–water partition coefficient (Wildman–Crippen LogP) is 1.34. The van der Waals surface area contributed by atoms with Crippen molar-refractivity contribution in [1.29, 1.82) is 5.26 Å². The Hall–Kier alpha value is -2.79. The number of ether oxygens (including phenoxy) is 1. The van der Waals surface area contributed by atoms with Gasteiger partial charge in [0.25, 0.3) is 10.0 Å². The molecular weight excluding hydrogens is 292 g/mol. The number of hydrogen-bond acceptors (Lipinski definition) is 6. The van der Waals surface area contributed by atoms with Crippen molar-refractivity contribution in [2.45, 2.75) is 4.90 Å². The van der Waals surface area contributed by atoms with Crippen LogP contribution in [0.15, 0.2) is 41.4 Å². The molecule has 0 atom stereocenters. The number of methoxy groups -OCH3 is 1. The number of benzene rings is 1. The fraction of sp³-hybridized carbons (Fsp3) is 0.0769. The summed E-state index contributed by atoms with van der Waals surface area (Å²) < 4.78 is 31.8. The average molecular weight is 304 g/mol. The van der Waals surface area contributed by atoms with E-state index in [1.165, 1.54) is 37.4 Å². The first-order chi connectivity index (χ1) is 9.96. The molecule has 0 aliphatic rings. The van der Waals surface area contributed by atoms with Gasteiger partial charge >= 0.3 is 0 Å². The molecule has 0 spiro atoms. The minimum absolute atomic E-state index is 0.0442. The summed E-state index contributed by atoms with van der Waals surface area (Å²) in [5, 5.41) is 8.65. The van der Waals surface area contributed by atoms with E-state index in [1.54, 1.807) is 0 Å². The van der Waals surface area contributed by atoms with Crippen LogP contribution in [-0.4, -0.2) is 20.5 Å². The van der Waals surface area contributed by atoms with Crippen molar-refractivity contribution in [3.05, 3.63) is 42.2 Å². The minimum atomic E-state index is -3.79. The van der Waals surface area contributed by atoms with Gasteiger partial charge < -0.3 is 10.5 Å². The van der Waals surface area contributed by atoms with E-state index in [0.29, 0.717) is 17.1 Å². The minimum Gasteiger partial charge on any atom is -0.495 e. The normalized spacial score (nSPS) is 10.7. The molecule has 7 nitrogen and oxygen atoms in total. The second kappa shape index (κ2) is 5.68. The number of pyridine rings is 1. The van der Waals surface area contributed by atoms with Crippen molar-refractivity contribution in [1.82, 2.24) is 4.98 Å². The van der Waals surface area contributed by atoms with Gasteiger partial charge in [0.1, 0.15) is 22.4 Å². The molecule has 1 aromatic heterocycles. The van der Waals surface area contributed by atoms with Crippen LogP contribution in [0.25, 0.3) is 0 Å². The zero-order chi connectivity index (χ0) is 15.5. The molecule has 0 saturated heterocycles. The summed E-state index contributed by atoms with van der Waals surface area (Å²) >= 11 is 0. The second-order valence-corrected chi connectivity index (χ2v) is 5.74. The highest BCUT2D eigenvalue weighted by molar-refractivity contribution is 7.92. The maximum Gasteiger partial charge on any atom is 0.263 e. The van der Waals surface area contributed by atoms with Crippen LogP contribution < -0.4 is 15.2 Å². The van der Waals surface area contributed by atoms with Gasteiger partial charge in [-0.05, 0) is 24.3 Å². The van der Waals surface area contributed by atoms with Gasteiger partial charge in [-0.15, -0.1) is 0 Å². The van der Waals surface area contributed by atoms with E-state index in [4.69, 9.17) is 15.7 Å². The van der Waals surface area contributed by atoms with Crippen LogP contribution in [0.3, 0.4) is 0 Å². The highest BCUT2D eigenvalue weighted by Crippen LogP contribution is 2.26. The number of nitrogens with two attached hydrogens (primary N) is 1. The molecule has 0 unspecified atom stereocenters. The van der Waals surface area contributed by atoms with Crippen molar-refractivity contribution in [3.63, 3.8) is 0 Å². The van der Waals surface area contributed by atoms with Gasteiger partial charge in [-0.25, -0.2) is 13.4 Å². The summed E-state index contributed by atoms with van der Waals surface area (Å²) in [6, 6.07) is 8.99. The highest BCUT2D eigenvalue weighted by atomic mass is 32.2. The van der Waals surface area contributed by atoms with E-state index in [0.717, 1.165) is 6.20 Å². The largest absolute Gasteiger partial charge is 0.495 e. The maximum atomic E-state index is 12.2. The van der Waals surface area contributed by atoms with Gasteiger partial charge in [0, 0.05) is 12.3 Å². The molecule has 0 aliphatic heterocycles. The van der Waals surface area contributed by atoms with Crippen molar-refractivity contribution in [2.24, 2.45) is 0 Å². The molecule has 1 heterocycles. The van der Waals surface area contributed by atoms with Crippen molar-refractivity contribution in [3.8, 4) is 11.8 Å². The van der Waals surface area contributed by atoms with Gasteiger partial charge in [0.15, 0.2) is 0 Å². The molecule has 0 radical (unpaired) electrons. The van der Waals surface area contributed by atoms with Crippen LogP contribution in [0.5, 0.6) is 5.75 Å². The quantitative estimate of drug-likeness (QED) is 0.823. The molecule has 108 valence electrons. The Morgan fingerprint density at radius 1 is 1.33 bits per heavy atom. The van der Waals surface area contributed by atoms with E-state index in [2.05, 4.69) is 9.71 Å². The first-order valence-electron chi connectivity index (χ1n) is 5.79. The molecule has 21 heavy (non-hydrogen) atoms. The Bertz CT molecular complexity index is 795. The SMILES string of the molecule is COc1cc(NS(=O)(=O)c2ccc(C#N)nc2)ccc1N. The number of anilines is 2. The molecule has 8 heteroatoms. The van der Waals surface area contributed by atoms with Crippen LogP contribution in [-0.2, 0) is 10.0 Å². The van der Waals surface area contributed by atoms with Gasteiger partial charge in [-0.1, -0.05) is 0 Å². The second-order valence-electron chi connectivity index (χ2n) is 4.05. The van der Waals surface area contributed by atoms with Gasteiger partial charge in [-0.3, -0.25) is 4.72 Å². The smallest absolute Gasteiger partial charge is 0.263 e. The molecule has 0 bridgehead atoms. The van der Waals surface area contributed by atoms with Crippen LogP contribution >= 0.6 is 0 Å². The number of nitrogens with zero attached hydrogens (tertiary/aromatic N) is 2. The van der Waals surface area contributed by atoms with Crippen molar-refractivity contribution in [2.75, 3.05) is 17.6 Å². The summed E-state index contributed by atoms with van der Waals surface area (Å²) in [5.41, 5.74) is 6.52. The molecule has 0 aliphatic carbocycles. The standard InChI is InChI=1S/C13H12N4O3S/c1-20-13-6-9(3-5-12(13)15)17-21(18,19)11-4-2-10(7-14)16-8-11/h2-6,8,17H,15H2,1H3. The lowest BCUT2D eigenvalue weighted by Crippen LogP contribution is -2.13. The fourth-order valence-electron chi connectivity index (χ4n) is 1.59. The summed E-state index contributed by atoms with van der Waals surface area (Å²) in [5.74, 6) is 0.369. The number of nitrogen functional groups attached to an aromatic ring is 1. The van der Waals surface area contributed by atoms with E-state index in [9.17, 15) is 8.42 Å². The van der Waals surface area contributed by atoms with E-state index in [-0.39, 0.29) is 10.6 Å². The summed E-state index contributed by atoms with van der Waals surface area (Å²) in [7, 11) is -2.36. The molecular formula is C13H12N4O3S. The zero-order valence-corrected chi connectivity index (χ0v) is 11.9. The Balaban J connectivity index is 2.30. The van der Waals surface area contributed by atoms with Crippen molar-refractivity contribution >= 4 is 21.4 Å². The average Bonchev–Trinajstić information content (AvgIpc) is 2.49. The number of nitriles is 1. The topological polar surface area (TPSA) is 118 Å². The lowest BCUT2D eigenvalue weighted by Gasteiger charge is -2.10. The predicted molar refractivity (Wildman–Crippen MR) is 77.2 cm³/mol. The van der Waals surface area contributed by atoms with Crippen LogP contribution in [0.2, 0.25) is 0 Å². The number of hydrogen-bond donors (Lipinski definition) is 2. The van der Waals surface area contributed by atoms with Crippen LogP contribution in [0.4, 0.5) is 11.4 Å². The lowest BCUT2D eigenvalue weighted by molar-refractivity contribution is 0.417. The fourth-order valence-corrected chi connectivity index (χ4v) is 2.59. The summed E-state index contributed by atoms with van der Waals surface area (Å²) in [4.78, 5) is 3.68. The first-order valence-corrected chi connectivity index (χ1v) is 7.27. The zero-order valence-electron chi connectivity index (χ0n) is 11.1. The Morgan fingerprint density at radius 3 is 2.67 bits per heavy atom. The maximum absolute atomic E-state index is 12.2. The molecule has 1 aromatic carbocycles. The molecule has 0 amide bonds. The number of rotatable bonds is 4. The van der Waals surface area contributed by atoms with Gasteiger partial charge in [0.2, 0.25) is 0 Å². The number of nitrogens with one attached hydrogen (secondary N) is 1. The van der Waals surface area contributed by atoms with Crippen LogP contribution in [0, 0.1) is 11.3 Å². The lowest BCUT2D eigenvalue weighted by atomic mass is 10.3. The third kappa shape index (κ3) is 3.21. The molecule has 2 rings (SSSR count).